The molecule has 0 aromatic carbocycles. The summed E-state index contributed by atoms with van der Waals surface area (Å²) in [5.74, 6) is 1.78. The van der Waals surface area contributed by atoms with Gasteiger partial charge in [0.25, 0.3) is 0 Å². The highest BCUT2D eigenvalue weighted by Gasteiger charge is 2.67. The second-order valence-corrected chi connectivity index (χ2v) is 10.5. The number of thioether (sulfide) groups is 1. The first-order chi connectivity index (χ1) is 9.19. The van der Waals surface area contributed by atoms with E-state index in [2.05, 4.69) is 49.3 Å². The molecule has 0 atom stereocenters. The van der Waals surface area contributed by atoms with E-state index in [0.29, 0.717) is 10.5 Å². The number of Topliss-reactive ketones (excluding diaryl/α,β-unsaturated/α-hetero) is 1. The standard InChI is InChI=1S/C16H26N2OS/c1-13(2)7-16(5-6-20-13)17-8-14(3)9-18(16)11-15(4,10-17)12(14)19/h5-11H2,1-4H3. The SMILES string of the molecule is CC1(C)CC2(CCS1)N1CC3(C)CN2CC(C)(C1)C3=O. The van der Waals surface area contributed by atoms with Gasteiger partial charge in [0.15, 0.2) is 0 Å². The zero-order valence-corrected chi connectivity index (χ0v) is 14.0. The maximum atomic E-state index is 12.8. The lowest BCUT2D eigenvalue weighted by Crippen LogP contribution is -2.83. The van der Waals surface area contributed by atoms with Crippen molar-refractivity contribution in [3.05, 3.63) is 0 Å². The van der Waals surface area contributed by atoms with Gasteiger partial charge in [-0.25, -0.2) is 0 Å². The lowest BCUT2D eigenvalue weighted by atomic mass is 9.59. The number of rotatable bonds is 0. The summed E-state index contributed by atoms with van der Waals surface area (Å²) in [5, 5.41) is 0. The predicted octanol–water partition coefficient (Wildman–Crippen LogP) is 2.21. The van der Waals surface area contributed by atoms with E-state index in [1.807, 2.05) is 0 Å². The van der Waals surface area contributed by atoms with E-state index in [0.717, 1.165) is 26.2 Å². The van der Waals surface area contributed by atoms with Crippen LogP contribution in [0.4, 0.5) is 0 Å². The van der Waals surface area contributed by atoms with Crippen molar-refractivity contribution in [2.75, 3.05) is 31.9 Å². The van der Waals surface area contributed by atoms with Gasteiger partial charge in [-0.1, -0.05) is 27.7 Å². The molecule has 5 heterocycles. The van der Waals surface area contributed by atoms with Gasteiger partial charge in [-0.05, 0) is 18.6 Å². The maximum Gasteiger partial charge on any atom is 0.149 e. The first kappa shape index (κ1) is 13.6. The van der Waals surface area contributed by atoms with Crippen LogP contribution in [0, 0.1) is 10.8 Å². The molecule has 5 rings (SSSR count). The Hall–Kier alpha value is -0.0600. The van der Waals surface area contributed by atoms with Crippen molar-refractivity contribution >= 4 is 17.5 Å². The molecule has 5 aliphatic heterocycles. The highest BCUT2D eigenvalue weighted by Crippen LogP contribution is 2.57. The number of ketones is 1. The molecular weight excluding hydrogens is 268 g/mol. The molecule has 0 saturated carbocycles. The molecule has 5 saturated heterocycles. The molecule has 0 N–H and O–H groups in total. The Morgan fingerprint density at radius 1 is 0.950 bits per heavy atom. The van der Waals surface area contributed by atoms with E-state index in [4.69, 9.17) is 0 Å². The van der Waals surface area contributed by atoms with E-state index in [-0.39, 0.29) is 16.5 Å². The van der Waals surface area contributed by atoms with E-state index in [1.54, 1.807) is 0 Å². The number of hydrogen-bond donors (Lipinski definition) is 0. The summed E-state index contributed by atoms with van der Waals surface area (Å²) < 4.78 is 0.361. The van der Waals surface area contributed by atoms with Gasteiger partial charge in [0, 0.05) is 30.9 Å². The van der Waals surface area contributed by atoms with Crippen LogP contribution in [0.3, 0.4) is 0 Å². The van der Waals surface area contributed by atoms with E-state index >= 15 is 0 Å². The van der Waals surface area contributed by atoms with Crippen molar-refractivity contribution in [3.8, 4) is 0 Å². The number of carbonyl (C=O) groups excluding carboxylic acids is 1. The van der Waals surface area contributed by atoms with Crippen molar-refractivity contribution in [3.63, 3.8) is 0 Å². The van der Waals surface area contributed by atoms with Gasteiger partial charge in [0.2, 0.25) is 0 Å². The van der Waals surface area contributed by atoms with Crippen LogP contribution < -0.4 is 0 Å². The Balaban J connectivity index is 1.75. The summed E-state index contributed by atoms with van der Waals surface area (Å²) in [6.07, 6.45) is 2.51. The number of hydrogen-bond acceptors (Lipinski definition) is 4. The average molecular weight is 294 g/mol. The Bertz CT molecular complexity index is 447. The first-order valence-corrected chi connectivity index (χ1v) is 8.87. The normalized spacial score (nSPS) is 56.5. The molecule has 5 aliphatic rings. The highest BCUT2D eigenvalue weighted by atomic mass is 32.2. The van der Waals surface area contributed by atoms with Gasteiger partial charge in [-0.3, -0.25) is 14.6 Å². The Labute approximate surface area is 126 Å². The van der Waals surface area contributed by atoms with Gasteiger partial charge in [-0.2, -0.15) is 11.8 Å². The molecule has 4 heteroatoms. The summed E-state index contributed by atoms with van der Waals surface area (Å²) in [7, 11) is 0. The first-order valence-electron chi connectivity index (χ1n) is 7.88. The van der Waals surface area contributed by atoms with Crippen LogP contribution in [-0.2, 0) is 4.79 Å². The molecule has 20 heavy (non-hydrogen) atoms. The Kier molecular flexibility index (Phi) is 2.47. The lowest BCUT2D eigenvalue weighted by molar-refractivity contribution is -0.234. The van der Waals surface area contributed by atoms with Crippen molar-refractivity contribution in [1.82, 2.24) is 9.80 Å². The van der Waals surface area contributed by atoms with Crippen molar-refractivity contribution in [2.45, 2.75) is 50.9 Å². The molecule has 5 fully saturated rings. The monoisotopic (exact) mass is 294 g/mol. The largest absolute Gasteiger partial charge is 0.298 e. The van der Waals surface area contributed by atoms with Crippen molar-refractivity contribution in [2.24, 2.45) is 10.8 Å². The van der Waals surface area contributed by atoms with Crippen molar-refractivity contribution < 1.29 is 4.79 Å². The maximum absolute atomic E-state index is 12.8. The third-order valence-corrected chi connectivity index (χ3v) is 7.47. The van der Waals surface area contributed by atoms with Gasteiger partial charge in [-0.15, -0.1) is 0 Å². The van der Waals surface area contributed by atoms with Gasteiger partial charge >= 0.3 is 0 Å². The van der Waals surface area contributed by atoms with Crippen LogP contribution in [0.1, 0.15) is 40.5 Å². The molecule has 3 nitrogen and oxygen atoms in total. The molecule has 0 unspecified atom stereocenters. The van der Waals surface area contributed by atoms with Gasteiger partial charge < -0.3 is 0 Å². The van der Waals surface area contributed by atoms with E-state index < -0.39 is 0 Å². The van der Waals surface area contributed by atoms with E-state index in [1.165, 1.54) is 18.6 Å². The second-order valence-electron chi connectivity index (χ2n) is 8.68. The second kappa shape index (κ2) is 3.64. The average Bonchev–Trinajstić information content (AvgIpc) is 2.30. The predicted molar refractivity (Wildman–Crippen MR) is 82.9 cm³/mol. The fourth-order valence-electron chi connectivity index (χ4n) is 5.55. The summed E-state index contributed by atoms with van der Waals surface area (Å²) in [6, 6.07) is 0. The molecule has 0 aromatic rings. The van der Waals surface area contributed by atoms with Crippen LogP contribution in [0.2, 0.25) is 0 Å². The molecule has 0 aliphatic carbocycles. The molecule has 4 bridgehead atoms. The van der Waals surface area contributed by atoms with Crippen LogP contribution >= 0.6 is 11.8 Å². The highest BCUT2D eigenvalue weighted by molar-refractivity contribution is 8.00. The lowest BCUT2D eigenvalue weighted by Gasteiger charge is -2.71. The van der Waals surface area contributed by atoms with Crippen LogP contribution in [0.25, 0.3) is 0 Å². The summed E-state index contributed by atoms with van der Waals surface area (Å²) in [5.41, 5.74) is 0.00490. The molecule has 1 spiro atoms. The van der Waals surface area contributed by atoms with Crippen LogP contribution in [-0.4, -0.2) is 57.9 Å². The minimum Gasteiger partial charge on any atom is -0.298 e. The minimum atomic E-state index is -0.120. The summed E-state index contributed by atoms with van der Waals surface area (Å²) >= 11 is 2.12. The Morgan fingerprint density at radius 3 is 1.90 bits per heavy atom. The molecule has 112 valence electrons. The molecule has 0 aromatic heterocycles. The molecule has 0 amide bonds. The summed E-state index contributed by atoms with van der Waals surface area (Å²) in [6.45, 7) is 13.1. The fourth-order valence-corrected chi connectivity index (χ4v) is 6.87. The zero-order valence-electron chi connectivity index (χ0n) is 13.2. The van der Waals surface area contributed by atoms with Crippen LogP contribution in [0.15, 0.2) is 0 Å². The minimum absolute atomic E-state index is 0.120. The van der Waals surface area contributed by atoms with Gasteiger partial charge in [0.1, 0.15) is 5.78 Å². The smallest absolute Gasteiger partial charge is 0.149 e. The van der Waals surface area contributed by atoms with Crippen LogP contribution in [0.5, 0.6) is 0 Å². The third-order valence-electron chi connectivity index (χ3n) is 6.14. The topological polar surface area (TPSA) is 23.6 Å². The third kappa shape index (κ3) is 1.53. The Morgan fingerprint density at radius 2 is 1.45 bits per heavy atom. The quantitative estimate of drug-likeness (QED) is 0.683. The zero-order chi connectivity index (χ0) is 14.4. The van der Waals surface area contributed by atoms with Gasteiger partial charge in [0.05, 0.1) is 16.5 Å². The fraction of sp³-hybridized carbons (Fsp3) is 0.938. The molecule has 0 radical (unpaired) electrons. The van der Waals surface area contributed by atoms with E-state index in [9.17, 15) is 4.79 Å². The molecular formula is C16H26N2OS. The number of nitrogens with zero attached hydrogens (tertiary/aromatic N) is 2. The summed E-state index contributed by atoms with van der Waals surface area (Å²) in [4.78, 5) is 18.1. The number of piperidine rings is 2. The van der Waals surface area contributed by atoms with Crippen molar-refractivity contribution in [1.29, 1.82) is 0 Å². The number of carbonyl (C=O) groups is 1.